The molecule has 100 valence electrons. The molecule has 0 aliphatic carbocycles. The Morgan fingerprint density at radius 1 is 1.42 bits per heavy atom. The van der Waals surface area contributed by atoms with E-state index in [1.54, 1.807) is 12.5 Å². The van der Waals surface area contributed by atoms with Crippen LogP contribution in [0.25, 0.3) is 10.6 Å². The SMILES string of the molecule is COc1cc(C)cc(C)c1-c1nc(CC(=O)O)cs1. The van der Waals surface area contributed by atoms with Crippen LogP contribution >= 0.6 is 11.3 Å². The van der Waals surface area contributed by atoms with Crippen molar-refractivity contribution in [3.8, 4) is 16.3 Å². The Kier molecular flexibility index (Phi) is 3.85. The largest absolute Gasteiger partial charge is 0.496 e. The van der Waals surface area contributed by atoms with Gasteiger partial charge in [-0.05, 0) is 31.0 Å². The lowest BCUT2D eigenvalue weighted by Crippen LogP contribution is -2.00. The van der Waals surface area contributed by atoms with Crippen LogP contribution in [-0.4, -0.2) is 23.2 Å². The lowest BCUT2D eigenvalue weighted by molar-refractivity contribution is -0.136. The van der Waals surface area contributed by atoms with Gasteiger partial charge in [-0.2, -0.15) is 0 Å². The fourth-order valence-electron chi connectivity index (χ4n) is 2.02. The minimum absolute atomic E-state index is 0.0519. The number of ether oxygens (including phenoxy) is 1. The van der Waals surface area contributed by atoms with E-state index >= 15 is 0 Å². The van der Waals surface area contributed by atoms with E-state index < -0.39 is 5.97 Å². The van der Waals surface area contributed by atoms with Crippen molar-refractivity contribution < 1.29 is 14.6 Å². The first-order valence-electron chi connectivity index (χ1n) is 5.83. The van der Waals surface area contributed by atoms with Crippen molar-refractivity contribution in [1.82, 2.24) is 4.98 Å². The molecule has 0 fully saturated rings. The number of methoxy groups -OCH3 is 1. The number of aryl methyl sites for hydroxylation is 2. The fraction of sp³-hybridized carbons (Fsp3) is 0.286. The van der Waals surface area contributed by atoms with Gasteiger partial charge < -0.3 is 9.84 Å². The van der Waals surface area contributed by atoms with Gasteiger partial charge in [-0.25, -0.2) is 4.98 Å². The summed E-state index contributed by atoms with van der Waals surface area (Å²) in [5.74, 6) is -0.0989. The minimum Gasteiger partial charge on any atom is -0.496 e. The van der Waals surface area contributed by atoms with Crippen molar-refractivity contribution in [3.63, 3.8) is 0 Å². The Hall–Kier alpha value is -1.88. The highest BCUT2D eigenvalue weighted by Gasteiger charge is 2.14. The summed E-state index contributed by atoms with van der Waals surface area (Å²) in [5.41, 5.74) is 3.72. The van der Waals surface area contributed by atoms with E-state index in [-0.39, 0.29) is 6.42 Å². The van der Waals surface area contributed by atoms with Gasteiger partial charge in [-0.1, -0.05) is 6.07 Å². The first kappa shape index (κ1) is 13.5. The first-order valence-corrected chi connectivity index (χ1v) is 6.71. The number of hydrogen-bond acceptors (Lipinski definition) is 4. The normalized spacial score (nSPS) is 10.5. The molecule has 0 saturated carbocycles. The number of aromatic nitrogens is 1. The zero-order valence-electron chi connectivity index (χ0n) is 11.1. The average Bonchev–Trinajstić information content (AvgIpc) is 2.74. The van der Waals surface area contributed by atoms with E-state index in [2.05, 4.69) is 11.1 Å². The van der Waals surface area contributed by atoms with Crippen LogP contribution in [0, 0.1) is 13.8 Å². The number of thiazole rings is 1. The smallest absolute Gasteiger partial charge is 0.309 e. The summed E-state index contributed by atoms with van der Waals surface area (Å²) in [5, 5.41) is 11.4. The highest BCUT2D eigenvalue weighted by atomic mass is 32.1. The van der Waals surface area contributed by atoms with E-state index in [4.69, 9.17) is 9.84 Å². The van der Waals surface area contributed by atoms with Crippen LogP contribution in [0.1, 0.15) is 16.8 Å². The molecule has 0 bridgehead atoms. The number of nitrogens with zero attached hydrogens (tertiary/aromatic N) is 1. The summed E-state index contributed by atoms with van der Waals surface area (Å²) >= 11 is 1.44. The summed E-state index contributed by atoms with van der Waals surface area (Å²) in [6, 6.07) is 4.02. The maximum atomic E-state index is 10.7. The van der Waals surface area contributed by atoms with Crippen LogP contribution in [0.15, 0.2) is 17.5 Å². The Balaban J connectivity index is 2.46. The van der Waals surface area contributed by atoms with Gasteiger partial charge in [0.2, 0.25) is 0 Å². The molecule has 5 heteroatoms. The van der Waals surface area contributed by atoms with Crippen molar-refractivity contribution in [2.75, 3.05) is 7.11 Å². The molecule has 0 saturated heterocycles. The molecule has 0 amide bonds. The van der Waals surface area contributed by atoms with E-state index in [1.165, 1.54) is 11.3 Å². The second-order valence-electron chi connectivity index (χ2n) is 4.37. The van der Waals surface area contributed by atoms with Crippen LogP contribution in [-0.2, 0) is 11.2 Å². The van der Waals surface area contributed by atoms with Crippen molar-refractivity contribution in [1.29, 1.82) is 0 Å². The van der Waals surface area contributed by atoms with Gasteiger partial charge in [-0.3, -0.25) is 4.79 Å². The van der Waals surface area contributed by atoms with Crippen LogP contribution in [0.5, 0.6) is 5.75 Å². The van der Waals surface area contributed by atoms with Gasteiger partial charge >= 0.3 is 5.97 Å². The lowest BCUT2D eigenvalue weighted by Gasteiger charge is -2.10. The van der Waals surface area contributed by atoms with Crippen LogP contribution < -0.4 is 4.74 Å². The molecule has 2 aromatic rings. The quantitative estimate of drug-likeness (QED) is 0.933. The van der Waals surface area contributed by atoms with Gasteiger partial charge in [0, 0.05) is 5.38 Å². The summed E-state index contributed by atoms with van der Waals surface area (Å²) in [4.78, 5) is 15.1. The third-order valence-corrected chi connectivity index (χ3v) is 3.67. The number of carboxylic acid groups (broad SMARTS) is 1. The summed E-state index contributed by atoms with van der Waals surface area (Å²) < 4.78 is 5.40. The molecule has 0 aliphatic heterocycles. The third-order valence-electron chi connectivity index (χ3n) is 2.76. The summed E-state index contributed by atoms with van der Waals surface area (Å²) in [6.07, 6.45) is -0.0519. The molecule has 1 aromatic carbocycles. The van der Waals surface area contributed by atoms with E-state index in [0.717, 1.165) is 27.4 Å². The number of hydrogen-bond donors (Lipinski definition) is 1. The zero-order chi connectivity index (χ0) is 14.0. The van der Waals surface area contributed by atoms with E-state index in [0.29, 0.717) is 5.69 Å². The molecule has 1 aromatic heterocycles. The number of carbonyl (C=O) groups is 1. The molecule has 4 nitrogen and oxygen atoms in total. The fourth-order valence-corrected chi connectivity index (χ4v) is 2.95. The lowest BCUT2D eigenvalue weighted by atomic mass is 10.0. The second kappa shape index (κ2) is 5.40. The third kappa shape index (κ3) is 2.93. The topological polar surface area (TPSA) is 59.4 Å². The molecule has 1 heterocycles. The maximum Gasteiger partial charge on any atom is 0.309 e. The van der Waals surface area contributed by atoms with E-state index in [9.17, 15) is 4.79 Å². The maximum absolute atomic E-state index is 10.7. The van der Waals surface area contributed by atoms with Crippen LogP contribution in [0.3, 0.4) is 0 Å². The van der Waals surface area contributed by atoms with Gasteiger partial charge in [-0.15, -0.1) is 11.3 Å². The summed E-state index contributed by atoms with van der Waals surface area (Å²) in [7, 11) is 1.63. The Bertz CT molecular complexity index is 619. The van der Waals surface area contributed by atoms with Crippen LogP contribution in [0.4, 0.5) is 0 Å². The Labute approximate surface area is 115 Å². The molecule has 1 N–H and O–H groups in total. The van der Waals surface area contributed by atoms with E-state index in [1.807, 2.05) is 19.9 Å². The number of aliphatic carboxylic acids is 1. The highest BCUT2D eigenvalue weighted by molar-refractivity contribution is 7.13. The molecular weight excluding hydrogens is 262 g/mol. The standard InChI is InChI=1S/C14H15NO3S/c1-8-4-9(2)13(11(5-8)18-3)14-15-10(7-19-14)6-12(16)17/h4-5,7H,6H2,1-3H3,(H,16,17). The molecule has 0 spiro atoms. The average molecular weight is 277 g/mol. The van der Waals surface area contributed by atoms with Crippen molar-refractivity contribution >= 4 is 17.3 Å². The monoisotopic (exact) mass is 277 g/mol. The molecule has 0 atom stereocenters. The van der Waals surface area contributed by atoms with Crippen molar-refractivity contribution in [2.24, 2.45) is 0 Å². The van der Waals surface area contributed by atoms with Crippen molar-refractivity contribution in [2.45, 2.75) is 20.3 Å². The summed E-state index contributed by atoms with van der Waals surface area (Å²) in [6.45, 7) is 4.01. The Morgan fingerprint density at radius 2 is 2.16 bits per heavy atom. The van der Waals surface area contributed by atoms with Gasteiger partial charge in [0.05, 0.1) is 24.8 Å². The number of benzene rings is 1. The van der Waals surface area contributed by atoms with Gasteiger partial charge in [0.1, 0.15) is 10.8 Å². The van der Waals surface area contributed by atoms with Gasteiger partial charge in [0.25, 0.3) is 0 Å². The molecule has 0 radical (unpaired) electrons. The number of rotatable bonds is 4. The second-order valence-corrected chi connectivity index (χ2v) is 5.23. The first-order chi connectivity index (χ1) is 9.01. The predicted molar refractivity (Wildman–Crippen MR) is 74.9 cm³/mol. The Morgan fingerprint density at radius 3 is 2.79 bits per heavy atom. The van der Waals surface area contributed by atoms with Crippen LogP contribution in [0.2, 0.25) is 0 Å². The number of carboxylic acids is 1. The molecule has 0 aliphatic rings. The van der Waals surface area contributed by atoms with Gasteiger partial charge in [0.15, 0.2) is 0 Å². The minimum atomic E-state index is -0.871. The molecule has 2 rings (SSSR count). The molecular formula is C14H15NO3S. The van der Waals surface area contributed by atoms with Crippen molar-refractivity contribution in [3.05, 3.63) is 34.3 Å². The predicted octanol–water partition coefficient (Wildman–Crippen LogP) is 3.06. The highest BCUT2D eigenvalue weighted by Crippen LogP contribution is 2.36. The zero-order valence-corrected chi connectivity index (χ0v) is 11.9. The molecule has 19 heavy (non-hydrogen) atoms. The molecule has 0 unspecified atom stereocenters.